The van der Waals surface area contributed by atoms with Crippen molar-refractivity contribution in [1.29, 1.82) is 0 Å². The first-order valence-corrected chi connectivity index (χ1v) is 7.21. The van der Waals surface area contributed by atoms with Crippen molar-refractivity contribution in [2.45, 2.75) is 26.3 Å². The van der Waals surface area contributed by atoms with Crippen LogP contribution in [0.4, 0.5) is 5.69 Å². The number of para-hydroxylation sites is 1. The van der Waals surface area contributed by atoms with Gasteiger partial charge in [0.15, 0.2) is 5.69 Å². The summed E-state index contributed by atoms with van der Waals surface area (Å²) in [6.45, 7) is 4.34. The summed E-state index contributed by atoms with van der Waals surface area (Å²) in [4.78, 5) is 25.7. The van der Waals surface area contributed by atoms with Crippen LogP contribution in [0, 0.1) is 0 Å². The zero-order valence-corrected chi connectivity index (χ0v) is 12.5. The standard InChI is InChI=1S/C16H17N3O3/c1-10(2)19-14(9-12(17-19)16(21)22)15(20)18-8-7-11-5-3-4-6-13(11)18/h3-6,9-10H,7-8H2,1-2H3,(H,21,22). The summed E-state index contributed by atoms with van der Waals surface area (Å²) < 4.78 is 1.48. The lowest BCUT2D eigenvalue weighted by Crippen LogP contribution is -2.31. The highest BCUT2D eigenvalue weighted by Crippen LogP contribution is 2.29. The summed E-state index contributed by atoms with van der Waals surface area (Å²) in [7, 11) is 0. The molecule has 1 aliphatic rings. The van der Waals surface area contributed by atoms with Gasteiger partial charge in [-0.2, -0.15) is 5.10 Å². The minimum absolute atomic E-state index is 0.0927. The lowest BCUT2D eigenvalue weighted by molar-refractivity contribution is 0.0689. The zero-order valence-electron chi connectivity index (χ0n) is 12.5. The molecule has 0 bridgehead atoms. The average Bonchev–Trinajstić information content (AvgIpc) is 3.11. The molecule has 0 atom stereocenters. The highest BCUT2D eigenvalue weighted by Gasteiger charge is 2.29. The fourth-order valence-electron chi connectivity index (χ4n) is 2.74. The van der Waals surface area contributed by atoms with E-state index in [9.17, 15) is 9.59 Å². The Bertz CT molecular complexity index is 749. The van der Waals surface area contributed by atoms with Crippen LogP contribution in [0.25, 0.3) is 0 Å². The molecule has 0 radical (unpaired) electrons. The van der Waals surface area contributed by atoms with E-state index in [1.807, 2.05) is 38.1 Å². The highest BCUT2D eigenvalue weighted by molar-refractivity contribution is 6.07. The summed E-state index contributed by atoms with van der Waals surface area (Å²) in [6.07, 6.45) is 0.809. The van der Waals surface area contributed by atoms with Crippen LogP contribution in [0.1, 0.15) is 46.4 Å². The van der Waals surface area contributed by atoms with Crippen molar-refractivity contribution in [3.8, 4) is 0 Å². The maximum absolute atomic E-state index is 12.8. The van der Waals surface area contributed by atoms with Gasteiger partial charge in [-0.1, -0.05) is 18.2 Å². The van der Waals surface area contributed by atoms with Crippen LogP contribution in [-0.4, -0.2) is 33.3 Å². The van der Waals surface area contributed by atoms with E-state index in [1.54, 1.807) is 4.90 Å². The Labute approximate surface area is 128 Å². The minimum atomic E-state index is -1.13. The van der Waals surface area contributed by atoms with Crippen LogP contribution in [0.2, 0.25) is 0 Å². The second kappa shape index (κ2) is 5.29. The Balaban J connectivity index is 2.01. The number of carboxylic acid groups (broad SMARTS) is 1. The van der Waals surface area contributed by atoms with Crippen molar-refractivity contribution in [2.75, 3.05) is 11.4 Å². The van der Waals surface area contributed by atoms with Gasteiger partial charge in [0.1, 0.15) is 5.69 Å². The number of carbonyl (C=O) groups excluding carboxylic acids is 1. The SMILES string of the molecule is CC(C)n1nc(C(=O)O)cc1C(=O)N1CCc2ccccc21. The molecular formula is C16H17N3O3. The number of hydrogen-bond donors (Lipinski definition) is 1. The average molecular weight is 299 g/mol. The smallest absolute Gasteiger partial charge is 0.356 e. The van der Waals surface area contributed by atoms with E-state index < -0.39 is 5.97 Å². The highest BCUT2D eigenvalue weighted by atomic mass is 16.4. The molecule has 1 aromatic heterocycles. The van der Waals surface area contributed by atoms with Gasteiger partial charge in [0.05, 0.1) is 0 Å². The Hall–Kier alpha value is -2.63. The minimum Gasteiger partial charge on any atom is -0.476 e. The fourth-order valence-corrected chi connectivity index (χ4v) is 2.74. The van der Waals surface area contributed by atoms with Crippen LogP contribution in [0.3, 0.4) is 0 Å². The van der Waals surface area contributed by atoms with Gasteiger partial charge in [-0.15, -0.1) is 0 Å². The van der Waals surface area contributed by atoms with Gasteiger partial charge in [0, 0.05) is 24.3 Å². The number of hydrogen-bond acceptors (Lipinski definition) is 3. The van der Waals surface area contributed by atoms with E-state index in [-0.39, 0.29) is 17.6 Å². The van der Waals surface area contributed by atoms with E-state index in [1.165, 1.54) is 10.7 Å². The van der Waals surface area contributed by atoms with Crippen LogP contribution in [-0.2, 0) is 6.42 Å². The summed E-state index contributed by atoms with van der Waals surface area (Å²) in [5.41, 5.74) is 2.22. The van der Waals surface area contributed by atoms with Crippen molar-refractivity contribution in [3.05, 3.63) is 47.3 Å². The molecule has 3 rings (SSSR count). The Morgan fingerprint density at radius 1 is 1.27 bits per heavy atom. The van der Waals surface area contributed by atoms with Gasteiger partial charge in [-0.05, 0) is 31.9 Å². The molecule has 22 heavy (non-hydrogen) atoms. The number of aromatic nitrogens is 2. The molecular weight excluding hydrogens is 282 g/mol. The summed E-state index contributed by atoms with van der Waals surface area (Å²) in [6, 6.07) is 9.02. The molecule has 0 saturated heterocycles. The van der Waals surface area contributed by atoms with Crippen molar-refractivity contribution < 1.29 is 14.7 Å². The Morgan fingerprint density at radius 2 is 2.00 bits per heavy atom. The third-order valence-corrected chi connectivity index (χ3v) is 3.80. The molecule has 6 heteroatoms. The lowest BCUT2D eigenvalue weighted by atomic mass is 10.2. The largest absolute Gasteiger partial charge is 0.476 e. The van der Waals surface area contributed by atoms with Gasteiger partial charge in [0.25, 0.3) is 5.91 Å². The van der Waals surface area contributed by atoms with E-state index >= 15 is 0 Å². The third kappa shape index (κ3) is 2.26. The Kier molecular flexibility index (Phi) is 3.44. The van der Waals surface area contributed by atoms with E-state index in [4.69, 9.17) is 5.11 Å². The molecule has 0 unspecified atom stereocenters. The first-order chi connectivity index (χ1) is 10.5. The molecule has 1 amide bonds. The molecule has 1 aromatic carbocycles. The maximum Gasteiger partial charge on any atom is 0.356 e. The third-order valence-electron chi connectivity index (χ3n) is 3.80. The number of amides is 1. The first-order valence-electron chi connectivity index (χ1n) is 7.21. The number of nitrogens with zero attached hydrogens (tertiary/aromatic N) is 3. The van der Waals surface area contributed by atoms with Crippen molar-refractivity contribution in [3.63, 3.8) is 0 Å². The molecule has 2 heterocycles. The summed E-state index contributed by atoms with van der Waals surface area (Å²) in [5, 5.41) is 13.1. The monoisotopic (exact) mass is 299 g/mol. The maximum atomic E-state index is 12.8. The molecule has 0 fully saturated rings. The van der Waals surface area contributed by atoms with Crippen LogP contribution < -0.4 is 4.90 Å². The molecule has 0 spiro atoms. The summed E-state index contributed by atoms with van der Waals surface area (Å²) >= 11 is 0. The van der Waals surface area contributed by atoms with Crippen molar-refractivity contribution in [1.82, 2.24) is 9.78 Å². The normalized spacial score (nSPS) is 13.5. The molecule has 0 saturated carbocycles. The molecule has 114 valence electrons. The second-order valence-electron chi connectivity index (χ2n) is 5.59. The molecule has 2 aromatic rings. The topological polar surface area (TPSA) is 75.4 Å². The van der Waals surface area contributed by atoms with Crippen LogP contribution >= 0.6 is 0 Å². The number of anilines is 1. The van der Waals surface area contributed by atoms with Crippen LogP contribution in [0.15, 0.2) is 30.3 Å². The molecule has 1 N–H and O–H groups in total. The number of benzene rings is 1. The van der Waals surface area contributed by atoms with Gasteiger partial charge >= 0.3 is 5.97 Å². The number of carbonyl (C=O) groups is 2. The first kappa shape index (κ1) is 14.3. The zero-order chi connectivity index (χ0) is 15.9. The van der Waals surface area contributed by atoms with Crippen molar-refractivity contribution in [2.24, 2.45) is 0 Å². The lowest BCUT2D eigenvalue weighted by Gasteiger charge is -2.19. The predicted octanol–water partition coefficient (Wildman–Crippen LogP) is 2.37. The van der Waals surface area contributed by atoms with Crippen molar-refractivity contribution >= 4 is 17.6 Å². The number of aromatic carboxylic acids is 1. The quantitative estimate of drug-likeness (QED) is 0.944. The molecule has 6 nitrogen and oxygen atoms in total. The Morgan fingerprint density at radius 3 is 2.68 bits per heavy atom. The molecule has 0 aliphatic carbocycles. The van der Waals surface area contributed by atoms with Gasteiger partial charge in [-0.25, -0.2) is 4.79 Å². The van der Waals surface area contributed by atoms with Gasteiger partial charge in [0.2, 0.25) is 0 Å². The van der Waals surface area contributed by atoms with Crippen LogP contribution in [0.5, 0.6) is 0 Å². The predicted molar refractivity (Wildman–Crippen MR) is 81.4 cm³/mol. The second-order valence-corrected chi connectivity index (χ2v) is 5.59. The van der Waals surface area contributed by atoms with E-state index in [2.05, 4.69) is 5.10 Å². The van der Waals surface area contributed by atoms with Gasteiger partial charge in [-0.3, -0.25) is 9.48 Å². The summed E-state index contributed by atoms with van der Waals surface area (Å²) in [5.74, 6) is -1.34. The number of carboxylic acids is 1. The van der Waals surface area contributed by atoms with E-state index in [0.717, 1.165) is 17.7 Å². The molecule has 1 aliphatic heterocycles. The number of rotatable bonds is 3. The van der Waals surface area contributed by atoms with E-state index in [0.29, 0.717) is 12.2 Å². The number of fused-ring (bicyclic) bond motifs is 1. The fraction of sp³-hybridized carbons (Fsp3) is 0.312. The van der Waals surface area contributed by atoms with Gasteiger partial charge < -0.3 is 10.0 Å².